The molecule has 1 amide bonds. The minimum absolute atomic E-state index is 0.0679. The standard InChI is InChI=1S/C14H11NO2.C2HF3O2/c15-14(17)12-8-6-11(7-9-12)13(16)10-4-2-1-3-5-10;3-2(4,5)1(6)7/h1-9H,(H2,15,17);(H,6,7). The Labute approximate surface area is 134 Å². The normalized spacial score (nSPS) is 10.3. The molecule has 0 spiro atoms. The predicted molar refractivity (Wildman–Crippen MR) is 78.5 cm³/mol. The van der Waals surface area contributed by atoms with Gasteiger partial charge in [-0.1, -0.05) is 42.5 Å². The molecule has 2 aromatic carbocycles. The van der Waals surface area contributed by atoms with Crippen LogP contribution in [-0.2, 0) is 4.79 Å². The quantitative estimate of drug-likeness (QED) is 0.840. The molecule has 0 aliphatic carbocycles. The molecule has 0 bridgehead atoms. The monoisotopic (exact) mass is 339 g/mol. The van der Waals surface area contributed by atoms with Crippen molar-refractivity contribution in [1.29, 1.82) is 0 Å². The molecule has 126 valence electrons. The Kier molecular flexibility index (Phi) is 6.22. The smallest absolute Gasteiger partial charge is 0.475 e. The van der Waals surface area contributed by atoms with Crippen LogP contribution in [0.4, 0.5) is 13.2 Å². The van der Waals surface area contributed by atoms with Crippen LogP contribution in [0.1, 0.15) is 26.3 Å². The largest absolute Gasteiger partial charge is 0.490 e. The Bertz CT molecular complexity index is 725. The molecule has 5 nitrogen and oxygen atoms in total. The number of aliphatic carboxylic acids is 1. The van der Waals surface area contributed by atoms with Crippen LogP contribution in [0.25, 0.3) is 0 Å². The Morgan fingerprint density at radius 3 is 1.54 bits per heavy atom. The number of hydrogen-bond acceptors (Lipinski definition) is 3. The number of ketones is 1. The number of halogens is 3. The maximum Gasteiger partial charge on any atom is 0.490 e. The van der Waals surface area contributed by atoms with E-state index in [1.165, 1.54) is 0 Å². The molecule has 0 radical (unpaired) electrons. The van der Waals surface area contributed by atoms with E-state index in [2.05, 4.69) is 0 Å². The summed E-state index contributed by atoms with van der Waals surface area (Å²) < 4.78 is 31.7. The number of carbonyl (C=O) groups excluding carboxylic acids is 2. The van der Waals surface area contributed by atoms with E-state index < -0.39 is 18.1 Å². The van der Waals surface area contributed by atoms with Crippen molar-refractivity contribution in [1.82, 2.24) is 0 Å². The molecule has 3 N–H and O–H groups in total. The van der Waals surface area contributed by atoms with Crippen molar-refractivity contribution in [2.24, 2.45) is 5.73 Å². The molecule has 0 heterocycles. The maximum absolute atomic E-state index is 12.0. The fraction of sp³-hybridized carbons (Fsp3) is 0.0625. The molecule has 8 heteroatoms. The highest BCUT2D eigenvalue weighted by atomic mass is 19.4. The maximum atomic E-state index is 12.0. The summed E-state index contributed by atoms with van der Waals surface area (Å²) in [4.78, 5) is 31.8. The summed E-state index contributed by atoms with van der Waals surface area (Å²) in [6.07, 6.45) is -5.08. The summed E-state index contributed by atoms with van der Waals surface area (Å²) >= 11 is 0. The van der Waals surface area contributed by atoms with E-state index in [1.54, 1.807) is 36.4 Å². The number of rotatable bonds is 3. The van der Waals surface area contributed by atoms with Crippen LogP contribution < -0.4 is 5.73 Å². The van der Waals surface area contributed by atoms with Crippen LogP contribution in [0, 0.1) is 0 Å². The van der Waals surface area contributed by atoms with Gasteiger partial charge in [-0.05, 0) is 12.1 Å². The van der Waals surface area contributed by atoms with Crippen LogP contribution in [-0.4, -0.2) is 28.9 Å². The van der Waals surface area contributed by atoms with Crippen LogP contribution in [0.3, 0.4) is 0 Å². The first-order valence-electron chi connectivity index (χ1n) is 6.42. The van der Waals surface area contributed by atoms with E-state index >= 15 is 0 Å². The van der Waals surface area contributed by atoms with Gasteiger partial charge in [0.1, 0.15) is 0 Å². The molecule has 2 rings (SSSR count). The molecular formula is C16H12F3NO4. The lowest BCUT2D eigenvalue weighted by atomic mass is 10.0. The first-order chi connectivity index (χ1) is 11.1. The van der Waals surface area contributed by atoms with Crippen molar-refractivity contribution in [3.8, 4) is 0 Å². The fourth-order valence-corrected chi connectivity index (χ4v) is 1.54. The number of carboxylic acid groups (broad SMARTS) is 1. The number of benzene rings is 2. The summed E-state index contributed by atoms with van der Waals surface area (Å²) in [6, 6.07) is 15.3. The molecule has 0 saturated heterocycles. The number of carbonyl (C=O) groups is 3. The van der Waals surface area contributed by atoms with Gasteiger partial charge in [-0.25, -0.2) is 4.79 Å². The molecule has 2 aromatic rings. The first-order valence-corrected chi connectivity index (χ1v) is 6.42. The van der Waals surface area contributed by atoms with Crippen LogP contribution in [0.5, 0.6) is 0 Å². The Morgan fingerprint density at radius 2 is 1.17 bits per heavy atom. The van der Waals surface area contributed by atoms with Crippen molar-refractivity contribution in [2.75, 3.05) is 0 Å². The molecule has 24 heavy (non-hydrogen) atoms. The molecule has 0 aromatic heterocycles. The number of nitrogens with two attached hydrogens (primary N) is 1. The topological polar surface area (TPSA) is 97.5 Å². The fourth-order valence-electron chi connectivity index (χ4n) is 1.54. The summed E-state index contributed by atoms with van der Waals surface area (Å²) in [5.41, 5.74) is 6.69. The van der Waals surface area contributed by atoms with E-state index in [1.807, 2.05) is 18.2 Å². The zero-order valence-corrected chi connectivity index (χ0v) is 12.1. The van der Waals surface area contributed by atoms with Crippen molar-refractivity contribution in [2.45, 2.75) is 6.18 Å². The van der Waals surface area contributed by atoms with Gasteiger partial charge in [-0.2, -0.15) is 13.2 Å². The molecular weight excluding hydrogens is 327 g/mol. The Morgan fingerprint density at radius 1 is 0.792 bits per heavy atom. The van der Waals surface area contributed by atoms with Crippen LogP contribution in [0.2, 0.25) is 0 Å². The average molecular weight is 339 g/mol. The van der Waals surface area contributed by atoms with Gasteiger partial charge in [0, 0.05) is 16.7 Å². The van der Waals surface area contributed by atoms with Crippen molar-refractivity contribution in [3.05, 3.63) is 71.3 Å². The molecule has 0 aliphatic heterocycles. The van der Waals surface area contributed by atoms with Gasteiger partial charge in [0.05, 0.1) is 0 Å². The van der Waals surface area contributed by atoms with Gasteiger partial charge in [-0.15, -0.1) is 0 Å². The minimum Gasteiger partial charge on any atom is -0.475 e. The molecule has 0 atom stereocenters. The highest BCUT2D eigenvalue weighted by Gasteiger charge is 2.38. The second kappa shape index (κ2) is 7.91. The van der Waals surface area contributed by atoms with Crippen LogP contribution >= 0.6 is 0 Å². The summed E-state index contributed by atoms with van der Waals surface area (Å²) in [5.74, 6) is -3.32. The lowest BCUT2D eigenvalue weighted by Crippen LogP contribution is -2.21. The second-order valence-electron chi connectivity index (χ2n) is 4.44. The zero-order valence-electron chi connectivity index (χ0n) is 12.1. The van der Waals surface area contributed by atoms with E-state index in [-0.39, 0.29) is 5.78 Å². The SMILES string of the molecule is NC(=O)c1ccc(C(=O)c2ccccc2)cc1.O=C(O)C(F)(F)F. The van der Waals surface area contributed by atoms with E-state index in [0.717, 1.165) is 0 Å². The second-order valence-corrected chi connectivity index (χ2v) is 4.44. The number of carboxylic acids is 1. The summed E-state index contributed by atoms with van der Waals surface area (Å²) in [5, 5.41) is 7.12. The highest BCUT2D eigenvalue weighted by molar-refractivity contribution is 6.09. The summed E-state index contributed by atoms with van der Waals surface area (Å²) in [6.45, 7) is 0. The van der Waals surface area contributed by atoms with Gasteiger partial charge >= 0.3 is 12.1 Å². The minimum atomic E-state index is -5.08. The third-order valence-corrected chi connectivity index (χ3v) is 2.71. The van der Waals surface area contributed by atoms with E-state index in [4.69, 9.17) is 15.6 Å². The Balaban J connectivity index is 0.000000351. The van der Waals surface area contributed by atoms with Crippen molar-refractivity contribution in [3.63, 3.8) is 0 Å². The molecule has 0 unspecified atom stereocenters. The van der Waals surface area contributed by atoms with Gasteiger partial charge < -0.3 is 10.8 Å². The molecule has 0 saturated carbocycles. The molecule has 0 fully saturated rings. The van der Waals surface area contributed by atoms with Gasteiger partial charge in [-0.3, -0.25) is 9.59 Å². The number of alkyl halides is 3. The third kappa shape index (κ3) is 5.56. The number of hydrogen-bond donors (Lipinski definition) is 2. The molecule has 0 aliphatic rings. The van der Waals surface area contributed by atoms with Crippen molar-refractivity contribution >= 4 is 17.7 Å². The predicted octanol–water partition coefficient (Wildman–Crippen LogP) is 2.65. The number of primary amides is 1. The highest BCUT2D eigenvalue weighted by Crippen LogP contribution is 2.13. The third-order valence-electron chi connectivity index (χ3n) is 2.71. The van der Waals surface area contributed by atoms with Crippen molar-refractivity contribution < 1.29 is 32.7 Å². The zero-order chi connectivity index (χ0) is 18.3. The van der Waals surface area contributed by atoms with Gasteiger partial charge in [0.15, 0.2) is 5.78 Å². The lowest BCUT2D eigenvalue weighted by molar-refractivity contribution is -0.192. The van der Waals surface area contributed by atoms with E-state index in [0.29, 0.717) is 16.7 Å². The lowest BCUT2D eigenvalue weighted by Gasteiger charge is -2.01. The summed E-state index contributed by atoms with van der Waals surface area (Å²) in [7, 11) is 0. The van der Waals surface area contributed by atoms with Crippen LogP contribution in [0.15, 0.2) is 54.6 Å². The average Bonchev–Trinajstić information content (AvgIpc) is 2.55. The van der Waals surface area contributed by atoms with Gasteiger partial charge in [0.25, 0.3) is 0 Å². The van der Waals surface area contributed by atoms with Gasteiger partial charge in [0.2, 0.25) is 5.91 Å². The Hall–Kier alpha value is -3.16. The number of amides is 1. The van der Waals surface area contributed by atoms with E-state index in [9.17, 15) is 22.8 Å². The first kappa shape index (κ1) is 18.9.